The molecule has 4 unspecified atom stereocenters. The number of piperidine rings is 1. The largest absolute Gasteiger partial charge is 0.466 e. The minimum absolute atomic E-state index is 0.00836. The van der Waals surface area contributed by atoms with E-state index in [1.165, 1.54) is 12.7 Å². The molecule has 1 spiro atoms. The van der Waals surface area contributed by atoms with Crippen LogP contribution in [0.5, 0.6) is 0 Å². The van der Waals surface area contributed by atoms with E-state index in [2.05, 4.69) is 41.4 Å². The molecule has 5 aliphatic rings. The van der Waals surface area contributed by atoms with Gasteiger partial charge in [-0.15, -0.1) is 0 Å². The van der Waals surface area contributed by atoms with Gasteiger partial charge in [-0.1, -0.05) is 25.1 Å². The van der Waals surface area contributed by atoms with E-state index < -0.39 is 0 Å². The molecule has 136 valence electrons. The van der Waals surface area contributed by atoms with Gasteiger partial charge < -0.3 is 14.8 Å². The lowest BCUT2D eigenvalue weighted by molar-refractivity contribution is -0.137. The average Bonchev–Trinajstić information content (AvgIpc) is 3.25. The highest BCUT2D eigenvalue weighted by Gasteiger charge is 2.73. The number of epoxide rings is 1. The molecule has 26 heavy (non-hydrogen) atoms. The summed E-state index contributed by atoms with van der Waals surface area (Å²) in [6.07, 6.45) is 3.44. The number of para-hydroxylation sites is 1. The SMILES string of the molecule is CC[C@]12CC(C(=O)OC)=C3Nc4ccccc4C34CCN(CC3OC31)C42. The maximum absolute atomic E-state index is 12.8. The number of rotatable bonds is 2. The maximum Gasteiger partial charge on any atom is 0.335 e. The molecular weight excluding hydrogens is 328 g/mol. The summed E-state index contributed by atoms with van der Waals surface area (Å²) < 4.78 is 11.4. The summed E-state index contributed by atoms with van der Waals surface area (Å²) >= 11 is 0. The first-order valence-corrected chi connectivity index (χ1v) is 9.73. The third-order valence-electron chi connectivity index (χ3n) is 7.74. The zero-order valence-corrected chi connectivity index (χ0v) is 15.2. The van der Waals surface area contributed by atoms with Crippen LogP contribution >= 0.6 is 0 Å². The van der Waals surface area contributed by atoms with Crippen molar-refractivity contribution in [3.63, 3.8) is 0 Å². The molecule has 5 atom stereocenters. The summed E-state index contributed by atoms with van der Waals surface area (Å²) in [7, 11) is 1.49. The molecule has 0 amide bonds. The predicted octanol–water partition coefficient (Wildman–Crippen LogP) is 2.43. The second-order valence-corrected chi connectivity index (χ2v) is 8.49. The van der Waals surface area contributed by atoms with Gasteiger partial charge in [0.05, 0.1) is 30.3 Å². The molecule has 5 nitrogen and oxygen atoms in total. The predicted molar refractivity (Wildman–Crippen MR) is 96.8 cm³/mol. The number of hydrogen-bond donors (Lipinski definition) is 1. The number of hydrogen-bond acceptors (Lipinski definition) is 5. The summed E-state index contributed by atoms with van der Waals surface area (Å²) in [5.74, 6) is -0.188. The second-order valence-electron chi connectivity index (χ2n) is 8.49. The minimum atomic E-state index is -0.188. The Labute approximate surface area is 153 Å². The smallest absolute Gasteiger partial charge is 0.335 e. The fraction of sp³-hybridized carbons (Fsp3) is 0.571. The van der Waals surface area contributed by atoms with Gasteiger partial charge in [0.15, 0.2) is 0 Å². The Hall–Kier alpha value is -1.85. The van der Waals surface area contributed by atoms with Crippen LogP contribution in [-0.4, -0.2) is 49.3 Å². The minimum Gasteiger partial charge on any atom is -0.466 e. The standard InChI is InChI=1S/C21H24N2O3/c1-3-20-10-12(18(24)25-2)16-21(13-6-4-5-7-14(13)22-16)8-9-23(19(20)21)11-15-17(20)26-15/h4-7,15,17,19,22H,3,8-11H2,1-2H3/t15?,17?,19?,20-,21?/m0/s1. The molecule has 1 aromatic rings. The van der Waals surface area contributed by atoms with Crippen LogP contribution in [-0.2, 0) is 19.7 Å². The van der Waals surface area contributed by atoms with Crippen LogP contribution in [0.4, 0.5) is 5.69 Å². The lowest BCUT2D eigenvalue weighted by atomic mass is 9.53. The first-order chi connectivity index (χ1) is 12.7. The zero-order valence-electron chi connectivity index (χ0n) is 15.2. The van der Waals surface area contributed by atoms with Crippen molar-refractivity contribution in [3.05, 3.63) is 41.1 Å². The fourth-order valence-corrected chi connectivity index (χ4v) is 6.80. The lowest BCUT2D eigenvalue weighted by Crippen LogP contribution is -2.63. The summed E-state index contributed by atoms with van der Waals surface area (Å²) in [5.41, 5.74) is 4.29. The Morgan fingerprint density at radius 2 is 2.27 bits per heavy atom. The van der Waals surface area contributed by atoms with Crippen molar-refractivity contribution in [3.8, 4) is 0 Å². The molecule has 0 aromatic heterocycles. The molecule has 6 rings (SSSR count). The third-order valence-corrected chi connectivity index (χ3v) is 7.74. The van der Waals surface area contributed by atoms with Gasteiger partial charge in [0.2, 0.25) is 0 Å². The Morgan fingerprint density at radius 3 is 3.08 bits per heavy atom. The fourth-order valence-electron chi connectivity index (χ4n) is 6.80. The highest BCUT2D eigenvalue weighted by Crippen LogP contribution is 2.68. The molecule has 0 saturated carbocycles. The van der Waals surface area contributed by atoms with Crippen molar-refractivity contribution in [2.75, 3.05) is 25.5 Å². The summed E-state index contributed by atoms with van der Waals surface area (Å²) in [4.78, 5) is 15.5. The number of methoxy groups -OCH3 is 1. The molecule has 4 heterocycles. The highest BCUT2D eigenvalue weighted by atomic mass is 16.6. The zero-order chi connectivity index (χ0) is 17.7. The van der Waals surface area contributed by atoms with Crippen LogP contribution < -0.4 is 5.32 Å². The number of ether oxygens (including phenoxy) is 2. The van der Waals surface area contributed by atoms with Crippen LogP contribution in [0.25, 0.3) is 0 Å². The van der Waals surface area contributed by atoms with Gasteiger partial charge in [0.1, 0.15) is 0 Å². The van der Waals surface area contributed by atoms with E-state index >= 15 is 0 Å². The normalized spacial score (nSPS) is 41.7. The van der Waals surface area contributed by atoms with E-state index in [-0.39, 0.29) is 22.9 Å². The van der Waals surface area contributed by atoms with E-state index in [0.717, 1.165) is 49.3 Å². The first kappa shape index (κ1) is 15.2. The molecular formula is C21H24N2O3. The topological polar surface area (TPSA) is 54.1 Å². The van der Waals surface area contributed by atoms with E-state index in [9.17, 15) is 4.79 Å². The first-order valence-electron chi connectivity index (χ1n) is 9.73. The van der Waals surface area contributed by atoms with E-state index in [0.29, 0.717) is 12.1 Å². The van der Waals surface area contributed by atoms with Crippen molar-refractivity contribution < 1.29 is 14.3 Å². The number of nitrogens with zero attached hydrogens (tertiary/aromatic N) is 1. The number of fused-ring (bicyclic) bond motifs is 3. The number of carbonyl (C=O) groups excluding carboxylic acids is 1. The number of benzene rings is 1. The quantitative estimate of drug-likeness (QED) is 0.654. The van der Waals surface area contributed by atoms with Gasteiger partial charge >= 0.3 is 5.97 Å². The average molecular weight is 352 g/mol. The monoisotopic (exact) mass is 352 g/mol. The summed E-state index contributed by atoms with van der Waals surface area (Å²) in [6.45, 7) is 4.36. The van der Waals surface area contributed by atoms with Gasteiger partial charge in [0, 0.05) is 29.4 Å². The number of carbonyl (C=O) groups is 1. The maximum atomic E-state index is 12.8. The Kier molecular flexibility index (Phi) is 2.75. The molecule has 1 aromatic carbocycles. The summed E-state index contributed by atoms with van der Waals surface area (Å²) in [6, 6.07) is 8.97. The van der Waals surface area contributed by atoms with Gasteiger partial charge in [-0.2, -0.15) is 0 Å². The van der Waals surface area contributed by atoms with Gasteiger partial charge in [-0.25, -0.2) is 4.79 Å². The van der Waals surface area contributed by atoms with Crippen molar-refractivity contribution in [2.45, 2.75) is 49.9 Å². The van der Waals surface area contributed by atoms with Gasteiger partial charge in [-0.05, 0) is 37.4 Å². The van der Waals surface area contributed by atoms with Crippen molar-refractivity contribution >= 4 is 11.7 Å². The molecule has 5 heteroatoms. The van der Waals surface area contributed by atoms with Crippen LogP contribution in [0.1, 0.15) is 31.7 Å². The molecule has 0 bridgehead atoms. The van der Waals surface area contributed by atoms with Crippen molar-refractivity contribution in [1.29, 1.82) is 0 Å². The molecule has 3 saturated heterocycles. The summed E-state index contributed by atoms with van der Waals surface area (Å²) in [5, 5.41) is 3.63. The van der Waals surface area contributed by atoms with E-state index in [1.807, 2.05) is 0 Å². The molecule has 3 fully saturated rings. The van der Waals surface area contributed by atoms with Crippen molar-refractivity contribution in [1.82, 2.24) is 4.90 Å². The number of anilines is 1. The van der Waals surface area contributed by atoms with Crippen LogP contribution in [0.2, 0.25) is 0 Å². The third kappa shape index (κ3) is 1.50. The Balaban J connectivity index is 1.66. The lowest BCUT2D eigenvalue weighted by Gasteiger charge is -2.54. The Bertz CT molecular complexity index is 865. The van der Waals surface area contributed by atoms with Crippen LogP contribution in [0, 0.1) is 5.41 Å². The second kappa shape index (κ2) is 4.70. The van der Waals surface area contributed by atoms with Gasteiger partial charge in [-0.3, -0.25) is 4.90 Å². The number of esters is 1. The molecule has 1 aliphatic carbocycles. The molecule has 0 radical (unpaired) electrons. The van der Waals surface area contributed by atoms with Crippen LogP contribution in [0.3, 0.4) is 0 Å². The molecule has 4 aliphatic heterocycles. The van der Waals surface area contributed by atoms with Gasteiger partial charge in [0.25, 0.3) is 0 Å². The highest BCUT2D eigenvalue weighted by molar-refractivity contribution is 5.93. The molecule has 1 N–H and O–H groups in total. The van der Waals surface area contributed by atoms with Crippen LogP contribution in [0.15, 0.2) is 35.5 Å². The Morgan fingerprint density at radius 1 is 1.42 bits per heavy atom. The van der Waals surface area contributed by atoms with E-state index in [1.54, 1.807) is 0 Å². The van der Waals surface area contributed by atoms with E-state index in [4.69, 9.17) is 9.47 Å². The van der Waals surface area contributed by atoms with Crippen molar-refractivity contribution in [2.24, 2.45) is 5.41 Å². The number of nitrogens with one attached hydrogen (secondary N) is 1.